The highest BCUT2D eigenvalue weighted by molar-refractivity contribution is 5.40. The quantitative estimate of drug-likeness (QED) is 0.746. The molecule has 0 amide bonds. The summed E-state index contributed by atoms with van der Waals surface area (Å²) in [6.07, 6.45) is 4.91. The zero-order valence-corrected chi connectivity index (χ0v) is 14.1. The number of benzene rings is 1. The van der Waals surface area contributed by atoms with Gasteiger partial charge in [0.15, 0.2) is 0 Å². The maximum atomic E-state index is 5.87. The first-order valence-corrected chi connectivity index (χ1v) is 8.68. The normalized spacial score (nSPS) is 23.6. The van der Waals surface area contributed by atoms with E-state index in [1.165, 1.54) is 31.2 Å². The Balaban J connectivity index is 2.24. The van der Waals surface area contributed by atoms with Crippen molar-refractivity contribution >= 4 is 0 Å². The van der Waals surface area contributed by atoms with Crippen LogP contribution in [0.15, 0.2) is 24.3 Å². The van der Waals surface area contributed by atoms with E-state index in [1.807, 2.05) is 0 Å². The van der Waals surface area contributed by atoms with Crippen LogP contribution >= 0.6 is 0 Å². The predicted octanol–water partition coefficient (Wildman–Crippen LogP) is 4.75. The topological polar surface area (TPSA) is 21.3 Å². The van der Waals surface area contributed by atoms with Crippen LogP contribution in [0, 0.1) is 5.41 Å². The fraction of sp³-hybridized carbons (Fsp3) is 0.684. The van der Waals surface area contributed by atoms with E-state index in [4.69, 9.17) is 4.74 Å². The maximum Gasteiger partial charge on any atom is 0.122 e. The van der Waals surface area contributed by atoms with Crippen molar-refractivity contribution in [1.29, 1.82) is 0 Å². The molecule has 118 valence electrons. The Morgan fingerprint density at radius 2 is 1.86 bits per heavy atom. The summed E-state index contributed by atoms with van der Waals surface area (Å²) in [5.74, 6) is 1.72. The molecule has 0 aliphatic heterocycles. The molecule has 1 fully saturated rings. The zero-order chi connectivity index (χ0) is 15.3. The Labute approximate surface area is 130 Å². The minimum absolute atomic E-state index is 0.391. The van der Waals surface area contributed by atoms with E-state index in [9.17, 15) is 0 Å². The van der Waals surface area contributed by atoms with Crippen molar-refractivity contribution in [1.82, 2.24) is 5.32 Å². The van der Waals surface area contributed by atoms with Gasteiger partial charge in [0.2, 0.25) is 0 Å². The first-order valence-electron chi connectivity index (χ1n) is 8.68. The number of hydrogen-bond donors (Lipinski definition) is 1. The molecule has 0 heterocycles. The van der Waals surface area contributed by atoms with Crippen LogP contribution in [0.5, 0.6) is 5.75 Å². The molecule has 1 N–H and O–H groups in total. The highest BCUT2D eigenvalue weighted by Gasteiger charge is 2.53. The molecule has 1 saturated carbocycles. The zero-order valence-electron chi connectivity index (χ0n) is 14.1. The SMILES string of the molecule is CCCNC1CC(c2ccccc2OCC)C1(CC)CC. The first-order chi connectivity index (χ1) is 10.2. The van der Waals surface area contributed by atoms with Crippen LogP contribution in [0.3, 0.4) is 0 Å². The van der Waals surface area contributed by atoms with Gasteiger partial charge in [0.1, 0.15) is 5.75 Å². The molecule has 2 heteroatoms. The summed E-state index contributed by atoms with van der Waals surface area (Å²) in [6, 6.07) is 9.29. The van der Waals surface area contributed by atoms with Crippen molar-refractivity contribution in [2.45, 2.75) is 65.3 Å². The summed E-state index contributed by atoms with van der Waals surface area (Å²) in [5.41, 5.74) is 1.81. The molecule has 0 radical (unpaired) electrons. The van der Waals surface area contributed by atoms with E-state index in [1.54, 1.807) is 0 Å². The van der Waals surface area contributed by atoms with Crippen LogP contribution < -0.4 is 10.1 Å². The van der Waals surface area contributed by atoms with Gasteiger partial charge in [0, 0.05) is 6.04 Å². The van der Waals surface area contributed by atoms with E-state index >= 15 is 0 Å². The second-order valence-corrected chi connectivity index (χ2v) is 6.21. The average Bonchev–Trinajstić information content (AvgIpc) is 2.50. The first kappa shape index (κ1) is 16.4. The van der Waals surface area contributed by atoms with Gasteiger partial charge in [-0.2, -0.15) is 0 Å². The van der Waals surface area contributed by atoms with Crippen molar-refractivity contribution in [3.05, 3.63) is 29.8 Å². The second-order valence-electron chi connectivity index (χ2n) is 6.21. The summed E-state index contributed by atoms with van der Waals surface area (Å²) >= 11 is 0. The van der Waals surface area contributed by atoms with Crippen LogP contribution in [-0.4, -0.2) is 19.2 Å². The van der Waals surface area contributed by atoms with Crippen molar-refractivity contribution in [2.75, 3.05) is 13.2 Å². The Morgan fingerprint density at radius 1 is 1.14 bits per heavy atom. The molecular formula is C19H31NO. The van der Waals surface area contributed by atoms with Gasteiger partial charge in [-0.1, -0.05) is 39.0 Å². The van der Waals surface area contributed by atoms with Gasteiger partial charge in [-0.05, 0) is 62.1 Å². The van der Waals surface area contributed by atoms with Gasteiger partial charge in [-0.15, -0.1) is 0 Å². The molecule has 0 aromatic heterocycles. The highest BCUT2D eigenvalue weighted by Crippen LogP contribution is 2.58. The van der Waals surface area contributed by atoms with Crippen LogP contribution in [0.2, 0.25) is 0 Å². The fourth-order valence-corrected chi connectivity index (χ4v) is 4.12. The lowest BCUT2D eigenvalue weighted by Gasteiger charge is -2.57. The highest BCUT2D eigenvalue weighted by atomic mass is 16.5. The molecule has 2 atom stereocenters. The molecule has 1 aromatic carbocycles. The van der Waals surface area contributed by atoms with E-state index in [2.05, 4.69) is 57.3 Å². The van der Waals surface area contributed by atoms with Gasteiger partial charge in [-0.3, -0.25) is 0 Å². The molecule has 21 heavy (non-hydrogen) atoms. The number of hydrogen-bond acceptors (Lipinski definition) is 2. The molecule has 0 saturated heterocycles. The third kappa shape index (κ3) is 2.96. The summed E-state index contributed by atoms with van der Waals surface area (Å²) in [7, 11) is 0. The van der Waals surface area contributed by atoms with Gasteiger partial charge < -0.3 is 10.1 Å². The molecule has 0 bridgehead atoms. The number of para-hydroxylation sites is 1. The number of ether oxygens (including phenoxy) is 1. The van der Waals surface area contributed by atoms with Gasteiger partial charge in [0.25, 0.3) is 0 Å². The van der Waals surface area contributed by atoms with Crippen molar-refractivity contribution in [3.63, 3.8) is 0 Å². The van der Waals surface area contributed by atoms with Crippen molar-refractivity contribution in [3.8, 4) is 5.75 Å². The standard InChI is InChI=1S/C19H31NO/c1-5-13-20-18-14-16(19(18,6-2)7-3)15-11-9-10-12-17(15)21-8-4/h9-12,16,18,20H,5-8,13-14H2,1-4H3. The Morgan fingerprint density at radius 3 is 2.48 bits per heavy atom. The summed E-state index contributed by atoms with van der Waals surface area (Å²) in [6.45, 7) is 10.9. The van der Waals surface area contributed by atoms with E-state index < -0.39 is 0 Å². The van der Waals surface area contributed by atoms with Crippen LogP contribution in [0.4, 0.5) is 0 Å². The summed E-state index contributed by atoms with van der Waals surface area (Å²) < 4.78 is 5.87. The molecule has 0 spiro atoms. The molecule has 1 aliphatic carbocycles. The van der Waals surface area contributed by atoms with E-state index in [0.29, 0.717) is 17.4 Å². The lowest BCUT2D eigenvalue weighted by Crippen LogP contribution is -2.58. The predicted molar refractivity (Wildman–Crippen MR) is 90.1 cm³/mol. The van der Waals surface area contributed by atoms with Crippen LogP contribution in [0.1, 0.15) is 64.9 Å². The minimum atomic E-state index is 0.391. The van der Waals surface area contributed by atoms with Gasteiger partial charge in [0.05, 0.1) is 6.61 Å². The van der Waals surface area contributed by atoms with Crippen molar-refractivity contribution < 1.29 is 4.74 Å². The summed E-state index contributed by atoms with van der Waals surface area (Å²) in [4.78, 5) is 0. The number of nitrogens with one attached hydrogen (secondary N) is 1. The molecule has 2 unspecified atom stereocenters. The van der Waals surface area contributed by atoms with Crippen LogP contribution in [0.25, 0.3) is 0 Å². The molecule has 2 nitrogen and oxygen atoms in total. The average molecular weight is 289 g/mol. The minimum Gasteiger partial charge on any atom is -0.494 e. The largest absolute Gasteiger partial charge is 0.494 e. The Hall–Kier alpha value is -1.02. The third-order valence-electron chi connectivity index (χ3n) is 5.41. The molecule has 1 aromatic rings. The number of rotatable bonds is 8. The Bertz CT molecular complexity index is 439. The lowest BCUT2D eigenvalue weighted by atomic mass is 9.51. The molecule has 2 rings (SSSR count). The molecular weight excluding hydrogens is 258 g/mol. The monoisotopic (exact) mass is 289 g/mol. The lowest BCUT2D eigenvalue weighted by molar-refractivity contribution is 0.0188. The summed E-state index contributed by atoms with van der Waals surface area (Å²) in [5, 5.41) is 3.77. The van der Waals surface area contributed by atoms with Gasteiger partial charge >= 0.3 is 0 Å². The smallest absolute Gasteiger partial charge is 0.122 e. The second kappa shape index (κ2) is 7.31. The van der Waals surface area contributed by atoms with Crippen molar-refractivity contribution in [2.24, 2.45) is 5.41 Å². The molecule has 1 aliphatic rings. The van der Waals surface area contributed by atoms with E-state index in [-0.39, 0.29) is 0 Å². The maximum absolute atomic E-state index is 5.87. The van der Waals surface area contributed by atoms with Crippen LogP contribution in [-0.2, 0) is 0 Å². The fourth-order valence-electron chi connectivity index (χ4n) is 4.12. The Kier molecular flexibility index (Phi) is 5.69. The van der Waals surface area contributed by atoms with Gasteiger partial charge in [-0.25, -0.2) is 0 Å². The van der Waals surface area contributed by atoms with E-state index in [0.717, 1.165) is 18.9 Å². The third-order valence-corrected chi connectivity index (χ3v) is 5.41.